The van der Waals surface area contributed by atoms with E-state index in [0.717, 1.165) is 23.5 Å². The maximum atomic E-state index is 11.5. The fraction of sp³-hybridized carbons (Fsp3) is 0.208. The summed E-state index contributed by atoms with van der Waals surface area (Å²) >= 11 is 5.46. The molecule has 3 aromatic rings. The molecule has 164 valence electrons. The molecule has 0 radical (unpaired) electrons. The fourth-order valence-electron chi connectivity index (χ4n) is 3.00. The van der Waals surface area contributed by atoms with Crippen LogP contribution in [0.1, 0.15) is 34.2 Å². The van der Waals surface area contributed by atoms with Gasteiger partial charge in [-0.2, -0.15) is 0 Å². The van der Waals surface area contributed by atoms with Crippen molar-refractivity contribution in [3.8, 4) is 0 Å². The van der Waals surface area contributed by atoms with Crippen LogP contribution >= 0.6 is 12.2 Å². The fourth-order valence-corrected chi connectivity index (χ4v) is 3.21. The van der Waals surface area contributed by atoms with E-state index >= 15 is 0 Å². The average molecular weight is 447 g/mol. The molecule has 0 aliphatic heterocycles. The summed E-state index contributed by atoms with van der Waals surface area (Å²) in [6.07, 6.45) is 0.786. The SMILES string of the molecule is CC(=O)c1ccc(NC(=S)NC(=NCCc2ccccc2)Nc2nc(C)cc(C)n2)cc1. The second-order valence-electron chi connectivity index (χ2n) is 7.28. The minimum absolute atomic E-state index is 0.0164. The number of carbonyl (C=O) groups excluding carboxylic acids is 1. The van der Waals surface area contributed by atoms with Gasteiger partial charge in [-0.15, -0.1) is 0 Å². The van der Waals surface area contributed by atoms with Crippen LogP contribution in [0.15, 0.2) is 65.7 Å². The molecule has 32 heavy (non-hydrogen) atoms. The standard InChI is InChI=1S/C24H26N6OS/c1-16-15-17(2)27-23(26-16)29-22(25-14-13-19-7-5-4-6-8-19)30-24(32)28-21-11-9-20(10-12-21)18(3)31/h4-12,15H,13-14H2,1-3H3,(H3,25,26,27,28,29,30,32). The number of aryl methyl sites for hydroxylation is 2. The molecule has 3 rings (SSSR count). The number of carbonyl (C=O) groups is 1. The number of rotatable bonds is 6. The van der Waals surface area contributed by atoms with Crippen molar-refractivity contribution in [3.63, 3.8) is 0 Å². The Morgan fingerprint density at radius 2 is 1.62 bits per heavy atom. The van der Waals surface area contributed by atoms with Gasteiger partial charge in [-0.05, 0) is 75.3 Å². The Morgan fingerprint density at radius 1 is 0.969 bits per heavy atom. The third-order valence-electron chi connectivity index (χ3n) is 4.51. The van der Waals surface area contributed by atoms with Crippen molar-refractivity contribution in [1.82, 2.24) is 15.3 Å². The summed E-state index contributed by atoms with van der Waals surface area (Å²) < 4.78 is 0. The number of aromatic nitrogens is 2. The van der Waals surface area contributed by atoms with Gasteiger partial charge in [-0.1, -0.05) is 30.3 Å². The average Bonchev–Trinajstić information content (AvgIpc) is 2.74. The van der Waals surface area contributed by atoms with Crippen molar-refractivity contribution in [3.05, 3.63) is 83.2 Å². The Kier molecular flexibility index (Phi) is 7.99. The van der Waals surface area contributed by atoms with E-state index < -0.39 is 0 Å². The summed E-state index contributed by atoms with van der Waals surface area (Å²) in [5.74, 6) is 0.911. The number of nitrogens with one attached hydrogen (secondary N) is 3. The molecule has 0 aliphatic rings. The van der Waals surface area contributed by atoms with E-state index in [2.05, 4.69) is 43.0 Å². The molecule has 0 spiro atoms. The molecule has 0 saturated heterocycles. The van der Waals surface area contributed by atoms with E-state index in [1.54, 1.807) is 24.3 Å². The van der Waals surface area contributed by atoms with E-state index in [1.807, 2.05) is 38.1 Å². The number of anilines is 2. The largest absolute Gasteiger partial charge is 0.332 e. The Morgan fingerprint density at radius 3 is 2.25 bits per heavy atom. The molecule has 1 heterocycles. The van der Waals surface area contributed by atoms with Crippen LogP contribution < -0.4 is 16.0 Å². The Bertz CT molecular complexity index is 1090. The lowest BCUT2D eigenvalue weighted by molar-refractivity contribution is 0.101. The van der Waals surface area contributed by atoms with E-state index in [-0.39, 0.29) is 5.78 Å². The van der Waals surface area contributed by atoms with Crippen LogP contribution in [0.2, 0.25) is 0 Å². The number of benzene rings is 2. The number of guanidine groups is 1. The van der Waals surface area contributed by atoms with E-state index in [9.17, 15) is 4.79 Å². The lowest BCUT2D eigenvalue weighted by atomic mass is 10.1. The molecule has 1 aromatic heterocycles. The number of hydrogen-bond donors (Lipinski definition) is 3. The molecule has 2 aromatic carbocycles. The molecule has 3 N–H and O–H groups in total. The second kappa shape index (κ2) is 11.1. The van der Waals surface area contributed by atoms with Gasteiger partial charge in [0.15, 0.2) is 10.9 Å². The summed E-state index contributed by atoms with van der Waals surface area (Å²) in [6, 6.07) is 19.2. The monoisotopic (exact) mass is 446 g/mol. The van der Waals surface area contributed by atoms with Crippen molar-refractivity contribution in [2.75, 3.05) is 17.2 Å². The first-order chi connectivity index (χ1) is 15.4. The third kappa shape index (κ3) is 7.24. The lowest BCUT2D eigenvalue weighted by Crippen LogP contribution is -2.39. The van der Waals surface area contributed by atoms with Gasteiger partial charge >= 0.3 is 0 Å². The van der Waals surface area contributed by atoms with Crippen molar-refractivity contribution in [2.45, 2.75) is 27.2 Å². The summed E-state index contributed by atoms with van der Waals surface area (Å²) in [5, 5.41) is 9.68. The number of ketones is 1. The highest BCUT2D eigenvalue weighted by atomic mass is 32.1. The molecular weight excluding hydrogens is 420 g/mol. The highest BCUT2D eigenvalue weighted by Gasteiger charge is 2.08. The van der Waals surface area contributed by atoms with Gasteiger partial charge < -0.3 is 10.6 Å². The van der Waals surface area contributed by atoms with Crippen LogP contribution in [0.3, 0.4) is 0 Å². The maximum Gasteiger partial charge on any atom is 0.229 e. The van der Waals surface area contributed by atoms with Gasteiger partial charge in [0.2, 0.25) is 11.9 Å². The van der Waals surface area contributed by atoms with Crippen LogP contribution in [0.5, 0.6) is 0 Å². The van der Waals surface area contributed by atoms with Crippen LogP contribution in [0.25, 0.3) is 0 Å². The van der Waals surface area contributed by atoms with Crippen LogP contribution in [0, 0.1) is 13.8 Å². The molecule has 0 atom stereocenters. The predicted octanol–water partition coefficient (Wildman–Crippen LogP) is 4.29. The minimum atomic E-state index is 0.0164. The predicted molar refractivity (Wildman–Crippen MR) is 133 cm³/mol. The van der Waals surface area contributed by atoms with Crippen molar-refractivity contribution >= 4 is 40.7 Å². The zero-order valence-electron chi connectivity index (χ0n) is 18.3. The summed E-state index contributed by atoms with van der Waals surface area (Å²) in [7, 11) is 0. The minimum Gasteiger partial charge on any atom is -0.332 e. The first-order valence-electron chi connectivity index (χ1n) is 10.3. The third-order valence-corrected chi connectivity index (χ3v) is 4.71. The van der Waals surface area contributed by atoms with Crippen molar-refractivity contribution in [2.24, 2.45) is 4.99 Å². The first kappa shape index (κ1) is 23.0. The lowest BCUT2D eigenvalue weighted by Gasteiger charge is -2.14. The Labute approximate surface area is 193 Å². The highest BCUT2D eigenvalue weighted by Crippen LogP contribution is 2.10. The molecular formula is C24H26N6OS. The molecule has 8 heteroatoms. The molecule has 0 saturated carbocycles. The normalized spacial score (nSPS) is 11.0. The highest BCUT2D eigenvalue weighted by molar-refractivity contribution is 7.80. The Hall–Kier alpha value is -3.65. The summed E-state index contributed by atoms with van der Waals surface area (Å²) in [5.41, 5.74) is 4.32. The topological polar surface area (TPSA) is 91.3 Å². The molecule has 0 unspecified atom stereocenters. The smallest absolute Gasteiger partial charge is 0.229 e. The molecule has 0 amide bonds. The first-order valence-corrected chi connectivity index (χ1v) is 10.7. The van der Waals surface area contributed by atoms with E-state index in [1.165, 1.54) is 12.5 Å². The van der Waals surface area contributed by atoms with Crippen LogP contribution in [0.4, 0.5) is 11.6 Å². The molecule has 0 aliphatic carbocycles. The van der Waals surface area contributed by atoms with E-state index in [4.69, 9.17) is 12.2 Å². The molecule has 0 fully saturated rings. The number of hydrogen-bond acceptors (Lipinski definition) is 5. The quantitative estimate of drug-likeness (QED) is 0.225. The molecule has 7 nitrogen and oxygen atoms in total. The van der Waals surface area contributed by atoms with Gasteiger partial charge in [-0.3, -0.25) is 15.1 Å². The number of thiocarbonyl (C=S) groups is 1. The second-order valence-corrected chi connectivity index (χ2v) is 7.69. The number of Topliss-reactive ketones (excluding diaryl/α,β-unsaturated/α-hetero) is 1. The van der Waals surface area contributed by atoms with Gasteiger partial charge in [0.1, 0.15) is 0 Å². The zero-order valence-corrected chi connectivity index (χ0v) is 19.2. The van der Waals surface area contributed by atoms with Gasteiger partial charge in [0.05, 0.1) is 0 Å². The summed E-state index contributed by atoms with van der Waals surface area (Å²) in [6.45, 7) is 5.92. The van der Waals surface area contributed by atoms with Crippen LogP contribution in [-0.2, 0) is 6.42 Å². The van der Waals surface area contributed by atoms with Crippen molar-refractivity contribution < 1.29 is 4.79 Å². The zero-order chi connectivity index (χ0) is 22.9. The molecule has 0 bridgehead atoms. The van der Waals surface area contributed by atoms with Crippen molar-refractivity contribution in [1.29, 1.82) is 0 Å². The van der Waals surface area contributed by atoms with Gasteiger partial charge in [0, 0.05) is 29.2 Å². The number of aliphatic imine (C=N–C) groups is 1. The van der Waals surface area contributed by atoms with Crippen LogP contribution in [-0.4, -0.2) is 33.4 Å². The number of nitrogens with zero attached hydrogens (tertiary/aromatic N) is 3. The maximum absolute atomic E-state index is 11.5. The van der Waals surface area contributed by atoms with E-state index in [0.29, 0.717) is 29.1 Å². The summed E-state index contributed by atoms with van der Waals surface area (Å²) in [4.78, 5) is 24.9. The Balaban J connectivity index is 1.70. The van der Waals surface area contributed by atoms with Gasteiger partial charge in [-0.25, -0.2) is 9.97 Å². The van der Waals surface area contributed by atoms with Gasteiger partial charge in [0.25, 0.3) is 0 Å².